The van der Waals surface area contributed by atoms with Crippen LogP contribution in [-0.4, -0.2) is 44.0 Å². The Balaban J connectivity index is 0.00000484. The molecule has 0 aliphatic carbocycles. The summed E-state index contributed by atoms with van der Waals surface area (Å²) in [5, 5.41) is 5.27. The zero-order valence-corrected chi connectivity index (χ0v) is 12.7. The molecule has 1 aromatic carbocycles. The van der Waals surface area contributed by atoms with Gasteiger partial charge in [-0.15, -0.1) is 0 Å². The molecule has 128 valence electrons. The fourth-order valence-corrected chi connectivity index (χ4v) is 1.92. The van der Waals surface area contributed by atoms with Gasteiger partial charge in [-0.2, -0.15) is 0 Å². The van der Waals surface area contributed by atoms with Crippen molar-refractivity contribution >= 4 is 17.8 Å². The van der Waals surface area contributed by atoms with Crippen molar-refractivity contribution in [1.29, 1.82) is 0 Å². The van der Waals surface area contributed by atoms with Crippen LogP contribution in [-0.2, 0) is 25.5 Å². The Bertz CT molecular complexity index is 519. The molecule has 0 heterocycles. The first-order chi connectivity index (χ1) is 10.5. The number of benzene rings is 1. The molecule has 0 aliphatic heterocycles. The molecule has 23 heavy (non-hydrogen) atoms. The summed E-state index contributed by atoms with van der Waals surface area (Å²) in [6.45, 7) is 0. The number of ether oxygens (including phenoxy) is 1. The Hall–Kier alpha value is -2.41. The predicted octanol–water partition coefficient (Wildman–Crippen LogP) is -0.0136. The maximum atomic E-state index is 12.1. The third kappa shape index (κ3) is 6.92. The number of carbonyl (C=O) groups is 3. The minimum atomic E-state index is -0.844. The quantitative estimate of drug-likeness (QED) is 0.583. The largest absolute Gasteiger partial charge is 0.469 e. The van der Waals surface area contributed by atoms with Crippen LogP contribution in [0.4, 0.5) is 0 Å². The van der Waals surface area contributed by atoms with Crippen LogP contribution in [0.3, 0.4) is 0 Å². The lowest BCUT2D eigenvalue weighted by molar-refractivity contribution is -0.143. The topological polar surface area (TPSA) is 111 Å². The lowest BCUT2D eigenvalue weighted by atomic mass is 10.0. The zero-order chi connectivity index (χ0) is 16.5. The average Bonchev–Trinajstić information content (AvgIpc) is 2.52. The molecule has 0 aromatic heterocycles. The number of hydrogen-bond acceptors (Lipinski definition) is 5. The number of rotatable bonds is 8. The summed E-state index contributed by atoms with van der Waals surface area (Å²) in [4.78, 5) is 34.9. The standard InChI is InChI=1S/C15H21N3O4.CH4/c1-17-12(9-13(19)22-2)15(21)18-11(14(16)20)8-10-6-4-3-5-7-10;/h3-7,11-12,17H,8-9H2,1-2H3,(H2,16,20)(H,18,21);1H4/t11-,12-;/m0./s1. The fourth-order valence-electron chi connectivity index (χ4n) is 1.92. The van der Waals surface area contributed by atoms with E-state index in [1.807, 2.05) is 30.3 Å². The first-order valence-corrected chi connectivity index (χ1v) is 6.85. The number of amides is 2. The maximum absolute atomic E-state index is 12.1. The second kappa shape index (κ2) is 10.3. The van der Waals surface area contributed by atoms with Gasteiger partial charge in [-0.1, -0.05) is 37.8 Å². The smallest absolute Gasteiger partial charge is 0.307 e. The van der Waals surface area contributed by atoms with Gasteiger partial charge in [-0.05, 0) is 12.6 Å². The molecule has 7 nitrogen and oxygen atoms in total. The number of nitrogens with one attached hydrogen (secondary N) is 2. The molecule has 1 aromatic rings. The number of likely N-dealkylation sites (N-methyl/N-ethyl adjacent to an activating group) is 1. The van der Waals surface area contributed by atoms with E-state index in [0.29, 0.717) is 0 Å². The lowest BCUT2D eigenvalue weighted by Gasteiger charge is -2.20. The van der Waals surface area contributed by atoms with E-state index in [1.54, 1.807) is 7.05 Å². The van der Waals surface area contributed by atoms with E-state index in [1.165, 1.54) is 7.11 Å². The summed E-state index contributed by atoms with van der Waals surface area (Å²) in [7, 11) is 2.79. The van der Waals surface area contributed by atoms with Crippen molar-refractivity contribution in [3.05, 3.63) is 35.9 Å². The van der Waals surface area contributed by atoms with Crippen molar-refractivity contribution in [2.45, 2.75) is 32.4 Å². The first-order valence-electron chi connectivity index (χ1n) is 6.85. The molecule has 0 bridgehead atoms. The van der Waals surface area contributed by atoms with Crippen molar-refractivity contribution in [2.75, 3.05) is 14.2 Å². The third-order valence-electron chi connectivity index (χ3n) is 3.21. The van der Waals surface area contributed by atoms with Gasteiger partial charge in [0.25, 0.3) is 0 Å². The van der Waals surface area contributed by atoms with E-state index < -0.39 is 29.9 Å². The van der Waals surface area contributed by atoms with Gasteiger partial charge in [0, 0.05) is 6.42 Å². The lowest BCUT2D eigenvalue weighted by Crippen LogP contribution is -2.52. The monoisotopic (exact) mass is 323 g/mol. The fraction of sp³-hybridized carbons (Fsp3) is 0.438. The highest BCUT2D eigenvalue weighted by molar-refractivity contribution is 5.91. The third-order valence-corrected chi connectivity index (χ3v) is 3.21. The van der Waals surface area contributed by atoms with Crippen LogP contribution in [0.5, 0.6) is 0 Å². The van der Waals surface area contributed by atoms with Gasteiger partial charge in [0.15, 0.2) is 0 Å². The predicted molar refractivity (Wildman–Crippen MR) is 87.5 cm³/mol. The van der Waals surface area contributed by atoms with Gasteiger partial charge in [0.1, 0.15) is 6.04 Å². The molecule has 0 unspecified atom stereocenters. The van der Waals surface area contributed by atoms with Crippen LogP contribution in [0.2, 0.25) is 0 Å². The van der Waals surface area contributed by atoms with Crippen molar-refractivity contribution in [3.63, 3.8) is 0 Å². The van der Waals surface area contributed by atoms with Crippen molar-refractivity contribution in [2.24, 2.45) is 5.73 Å². The second-order valence-electron chi connectivity index (χ2n) is 4.77. The van der Waals surface area contributed by atoms with Crippen LogP contribution in [0, 0.1) is 0 Å². The number of hydrogen-bond donors (Lipinski definition) is 3. The summed E-state index contributed by atoms with van der Waals surface area (Å²) < 4.78 is 4.53. The molecule has 0 aliphatic rings. The summed E-state index contributed by atoms with van der Waals surface area (Å²) in [5.41, 5.74) is 6.21. The van der Waals surface area contributed by atoms with Gasteiger partial charge < -0.3 is 21.1 Å². The van der Waals surface area contributed by atoms with E-state index in [9.17, 15) is 14.4 Å². The minimum Gasteiger partial charge on any atom is -0.469 e. The zero-order valence-electron chi connectivity index (χ0n) is 12.7. The summed E-state index contributed by atoms with van der Waals surface area (Å²) in [6.07, 6.45) is 0.159. The number of methoxy groups -OCH3 is 1. The molecular formula is C16H25N3O4. The molecule has 1 rings (SSSR count). The molecule has 2 atom stereocenters. The molecule has 0 saturated heterocycles. The van der Waals surface area contributed by atoms with Crippen LogP contribution >= 0.6 is 0 Å². The van der Waals surface area contributed by atoms with Gasteiger partial charge in [0.05, 0.1) is 19.6 Å². The van der Waals surface area contributed by atoms with Gasteiger partial charge >= 0.3 is 5.97 Å². The summed E-state index contributed by atoms with van der Waals surface area (Å²) in [6, 6.07) is 7.58. The number of carbonyl (C=O) groups excluding carboxylic acids is 3. The first kappa shape index (κ1) is 20.6. The van der Waals surface area contributed by atoms with Gasteiger partial charge in [0.2, 0.25) is 11.8 Å². The Morgan fingerprint density at radius 3 is 2.26 bits per heavy atom. The molecule has 0 radical (unpaired) electrons. The van der Waals surface area contributed by atoms with E-state index >= 15 is 0 Å². The number of nitrogens with two attached hydrogens (primary N) is 1. The minimum absolute atomic E-state index is 0. The molecule has 0 spiro atoms. The Morgan fingerprint density at radius 1 is 1.17 bits per heavy atom. The van der Waals surface area contributed by atoms with Crippen molar-refractivity contribution in [1.82, 2.24) is 10.6 Å². The van der Waals surface area contributed by atoms with Crippen LogP contribution in [0.25, 0.3) is 0 Å². The summed E-state index contributed by atoms with van der Waals surface area (Å²) >= 11 is 0. The maximum Gasteiger partial charge on any atom is 0.307 e. The van der Waals surface area contributed by atoms with Crippen molar-refractivity contribution in [3.8, 4) is 0 Å². The second-order valence-corrected chi connectivity index (χ2v) is 4.77. The Kier molecular flexibility index (Phi) is 9.26. The molecular weight excluding hydrogens is 298 g/mol. The van der Waals surface area contributed by atoms with E-state index in [4.69, 9.17) is 5.73 Å². The van der Waals surface area contributed by atoms with Crippen molar-refractivity contribution < 1.29 is 19.1 Å². The average molecular weight is 323 g/mol. The van der Waals surface area contributed by atoms with Gasteiger partial charge in [-0.25, -0.2) is 0 Å². The van der Waals surface area contributed by atoms with E-state index in [0.717, 1.165) is 5.56 Å². The molecule has 0 fully saturated rings. The van der Waals surface area contributed by atoms with E-state index in [2.05, 4.69) is 15.4 Å². The highest BCUT2D eigenvalue weighted by Gasteiger charge is 2.25. The Morgan fingerprint density at radius 2 is 1.78 bits per heavy atom. The number of primary amides is 1. The van der Waals surface area contributed by atoms with Crippen LogP contribution in [0.15, 0.2) is 30.3 Å². The Labute approximate surface area is 136 Å². The molecule has 4 N–H and O–H groups in total. The van der Waals surface area contributed by atoms with E-state index in [-0.39, 0.29) is 20.3 Å². The molecule has 7 heteroatoms. The SMILES string of the molecule is C.CN[C@@H](CC(=O)OC)C(=O)N[C@@H](Cc1ccccc1)C(N)=O. The molecule has 0 saturated carbocycles. The van der Waals surface area contributed by atoms with Crippen LogP contribution < -0.4 is 16.4 Å². The highest BCUT2D eigenvalue weighted by atomic mass is 16.5. The summed E-state index contributed by atoms with van der Waals surface area (Å²) in [5.74, 6) is -1.63. The van der Waals surface area contributed by atoms with Gasteiger partial charge in [-0.3, -0.25) is 14.4 Å². The highest BCUT2D eigenvalue weighted by Crippen LogP contribution is 2.04. The molecule has 2 amide bonds. The normalized spacial score (nSPS) is 12.4. The number of esters is 1. The van der Waals surface area contributed by atoms with Crippen LogP contribution in [0.1, 0.15) is 19.4 Å².